The number of furan rings is 1. The van der Waals surface area contributed by atoms with Crippen LogP contribution in [0.25, 0.3) is 17.4 Å². The molecule has 0 aliphatic heterocycles. The van der Waals surface area contributed by atoms with Crippen molar-refractivity contribution in [3.63, 3.8) is 0 Å². The summed E-state index contributed by atoms with van der Waals surface area (Å²) in [4.78, 5) is 32.1. The van der Waals surface area contributed by atoms with E-state index in [1.165, 1.54) is 22.5 Å². The molecular weight excluding hydrogens is 426 g/mol. The largest absolute Gasteiger partial charge is 0.463 e. The summed E-state index contributed by atoms with van der Waals surface area (Å²) in [6.07, 6.45) is 1.55. The number of hydrogen-bond donors (Lipinski definition) is 2. The number of rotatable bonds is 8. The highest BCUT2D eigenvalue weighted by Crippen LogP contribution is 2.24. The molecule has 164 valence electrons. The topological polar surface area (TPSA) is 106 Å². The summed E-state index contributed by atoms with van der Waals surface area (Å²) in [5, 5.41) is 7.40. The van der Waals surface area contributed by atoms with Crippen LogP contribution >= 0.6 is 11.8 Å². The Morgan fingerprint density at radius 1 is 1.19 bits per heavy atom. The van der Waals surface area contributed by atoms with Crippen LogP contribution in [0.1, 0.15) is 31.0 Å². The Morgan fingerprint density at radius 2 is 2.00 bits per heavy atom. The number of aromatic amines is 1. The maximum atomic E-state index is 12.6. The third kappa shape index (κ3) is 5.17. The lowest BCUT2D eigenvalue weighted by Crippen LogP contribution is -2.20. The molecule has 4 aromatic rings. The number of thioether (sulfide) groups is 1. The van der Waals surface area contributed by atoms with Crippen molar-refractivity contribution in [2.24, 2.45) is 0 Å². The van der Waals surface area contributed by atoms with Gasteiger partial charge in [0.05, 0.1) is 17.7 Å². The van der Waals surface area contributed by atoms with Gasteiger partial charge in [-0.3, -0.25) is 14.6 Å². The van der Waals surface area contributed by atoms with Crippen molar-refractivity contribution in [3.05, 3.63) is 82.5 Å². The van der Waals surface area contributed by atoms with Gasteiger partial charge in [-0.05, 0) is 23.6 Å². The quantitative estimate of drug-likeness (QED) is 0.417. The number of nitrogens with one attached hydrogen (secondary N) is 2. The summed E-state index contributed by atoms with van der Waals surface area (Å²) < 4.78 is 6.86. The van der Waals surface area contributed by atoms with Gasteiger partial charge in [0.15, 0.2) is 5.76 Å². The first-order valence-corrected chi connectivity index (χ1v) is 11.3. The molecule has 1 amide bonds. The molecule has 0 saturated heterocycles. The monoisotopic (exact) mass is 449 g/mol. The smallest absolute Gasteiger partial charge is 0.252 e. The van der Waals surface area contributed by atoms with Crippen molar-refractivity contribution in [2.75, 3.05) is 11.1 Å². The summed E-state index contributed by atoms with van der Waals surface area (Å²) in [6, 6.07) is 16.7. The maximum absolute atomic E-state index is 12.6. The van der Waals surface area contributed by atoms with E-state index in [0.29, 0.717) is 23.0 Å². The number of anilines is 1. The van der Waals surface area contributed by atoms with Crippen molar-refractivity contribution < 1.29 is 9.21 Å². The number of hydrogen-bond acceptors (Lipinski definition) is 6. The van der Waals surface area contributed by atoms with Crippen LogP contribution in [0.4, 0.5) is 5.82 Å². The zero-order chi connectivity index (χ0) is 22.5. The van der Waals surface area contributed by atoms with Crippen molar-refractivity contribution in [3.8, 4) is 17.4 Å². The van der Waals surface area contributed by atoms with Gasteiger partial charge in [0.2, 0.25) is 11.9 Å². The Morgan fingerprint density at radius 3 is 2.72 bits per heavy atom. The number of benzene rings is 1. The Balaban J connectivity index is 1.58. The molecule has 0 aliphatic rings. The number of H-pyrrole nitrogens is 1. The number of carbonyl (C=O) groups is 1. The molecule has 0 atom stereocenters. The van der Waals surface area contributed by atoms with Gasteiger partial charge >= 0.3 is 0 Å². The molecule has 0 radical (unpaired) electrons. The second kappa shape index (κ2) is 9.69. The van der Waals surface area contributed by atoms with Gasteiger partial charge in [0.1, 0.15) is 11.5 Å². The summed E-state index contributed by atoms with van der Waals surface area (Å²) in [5.74, 6) is 2.05. The van der Waals surface area contributed by atoms with Crippen molar-refractivity contribution >= 4 is 23.5 Å². The van der Waals surface area contributed by atoms with E-state index < -0.39 is 0 Å². The normalized spacial score (nSPS) is 11.1. The van der Waals surface area contributed by atoms with Crippen LogP contribution in [0, 0.1) is 0 Å². The van der Waals surface area contributed by atoms with Gasteiger partial charge in [0, 0.05) is 17.9 Å². The Bertz CT molecular complexity index is 1250. The van der Waals surface area contributed by atoms with Crippen LogP contribution < -0.4 is 10.9 Å². The van der Waals surface area contributed by atoms with E-state index in [1.807, 2.05) is 44.2 Å². The molecule has 0 saturated carbocycles. The number of amides is 1. The van der Waals surface area contributed by atoms with E-state index in [4.69, 9.17) is 4.42 Å². The van der Waals surface area contributed by atoms with E-state index in [1.54, 1.807) is 24.5 Å². The molecule has 0 spiro atoms. The minimum absolute atomic E-state index is 0.0589. The number of aromatic nitrogens is 4. The van der Waals surface area contributed by atoms with Gasteiger partial charge in [-0.1, -0.05) is 44.2 Å². The number of carbonyl (C=O) groups excluding carboxylic acids is 1. The maximum Gasteiger partial charge on any atom is 0.252 e. The van der Waals surface area contributed by atoms with Crippen molar-refractivity contribution in [1.29, 1.82) is 0 Å². The third-order valence-corrected chi connectivity index (χ3v) is 5.64. The van der Waals surface area contributed by atoms with Crippen LogP contribution in [-0.4, -0.2) is 31.4 Å². The van der Waals surface area contributed by atoms with Crippen molar-refractivity contribution in [2.45, 2.75) is 25.5 Å². The van der Waals surface area contributed by atoms with Gasteiger partial charge in [-0.2, -0.15) is 9.78 Å². The Hall–Kier alpha value is -3.59. The molecule has 2 N–H and O–H groups in total. The standard InChI is InChI=1S/C23H23N5O3S/c1-15(2)17-12-21(29)26-23(24-17)28-20(11-18(27-28)19-9-6-10-31-19)25-22(30)14-32-13-16-7-4-3-5-8-16/h3-12,15H,13-14H2,1-2H3,(H,25,30)(H,24,26,29). The fourth-order valence-corrected chi connectivity index (χ4v) is 3.84. The number of nitrogens with zero attached hydrogens (tertiary/aromatic N) is 3. The average molecular weight is 450 g/mol. The first-order chi connectivity index (χ1) is 15.5. The Labute approximate surface area is 189 Å². The first-order valence-electron chi connectivity index (χ1n) is 10.2. The first kappa shape index (κ1) is 21.6. The molecule has 0 unspecified atom stereocenters. The summed E-state index contributed by atoms with van der Waals surface area (Å²) >= 11 is 1.52. The summed E-state index contributed by atoms with van der Waals surface area (Å²) in [7, 11) is 0. The lowest BCUT2D eigenvalue weighted by Gasteiger charge is -2.10. The van der Waals surface area contributed by atoms with Crippen LogP contribution in [0.2, 0.25) is 0 Å². The second-order valence-electron chi connectivity index (χ2n) is 7.48. The van der Waals surface area contributed by atoms with E-state index in [0.717, 1.165) is 11.3 Å². The van der Waals surface area contributed by atoms with Crippen LogP contribution in [-0.2, 0) is 10.5 Å². The molecule has 0 fully saturated rings. The predicted octanol–water partition coefficient (Wildman–Crippen LogP) is 4.21. The molecule has 3 heterocycles. The van der Waals surface area contributed by atoms with Gasteiger partial charge < -0.3 is 9.73 Å². The zero-order valence-corrected chi connectivity index (χ0v) is 18.6. The predicted molar refractivity (Wildman–Crippen MR) is 125 cm³/mol. The SMILES string of the molecule is CC(C)c1cc(=O)[nH]c(-n2nc(-c3ccco3)cc2NC(=O)CSCc2ccccc2)n1. The lowest BCUT2D eigenvalue weighted by atomic mass is 10.1. The third-order valence-electron chi connectivity index (χ3n) is 4.64. The van der Waals surface area contributed by atoms with E-state index in [9.17, 15) is 9.59 Å². The van der Waals surface area contributed by atoms with Crippen LogP contribution in [0.5, 0.6) is 0 Å². The molecule has 3 aromatic heterocycles. The second-order valence-corrected chi connectivity index (χ2v) is 8.46. The molecule has 4 rings (SSSR count). The van der Waals surface area contributed by atoms with Gasteiger partial charge in [-0.15, -0.1) is 11.8 Å². The van der Waals surface area contributed by atoms with E-state index >= 15 is 0 Å². The Kier molecular flexibility index (Phi) is 6.55. The summed E-state index contributed by atoms with van der Waals surface area (Å²) in [6.45, 7) is 3.91. The van der Waals surface area contributed by atoms with Crippen molar-refractivity contribution in [1.82, 2.24) is 19.7 Å². The highest BCUT2D eigenvalue weighted by atomic mass is 32.2. The molecule has 0 aliphatic carbocycles. The fraction of sp³-hybridized carbons (Fsp3) is 0.217. The molecule has 1 aromatic carbocycles. The molecular formula is C23H23N5O3S. The van der Waals surface area contributed by atoms with E-state index in [-0.39, 0.29) is 29.1 Å². The summed E-state index contributed by atoms with van der Waals surface area (Å²) in [5.41, 5.74) is 2.02. The molecule has 32 heavy (non-hydrogen) atoms. The molecule has 0 bridgehead atoms. The van der Waals surface area contributed by atoms with Gasteiger partial charge in [-0.25, -0.2) is 4.98 Å². The molecule has 9 heteroatoms. The minimum atomic E-state index is -0.288. The van der Waals surface area contributed by atoms with Crippen LogP contribution in [0.3, 0.4) is 0 Å². The lowest BCUT2D eigenvalue weighted by molar-refractivity contribution is -0.113. The fourth-order valence-electron chi connectivity index (χ4n) is 3.05. The van der Waals surface area contributed by atoms with E-state index in [2.05, 4.69) is 20.4 Å². The highest BCUT2D eigenvalue weighted by molar-refractivity contribution is 7.99. The molecule has 8 nitrogen and oxygen atoms in total. The van der Waals surface area contributed by atoms with Crippen LogP contribution in [0.15, 0.2) is 70.1 Å². The zero-order valence-electron chi connectivity index (χ0n) is 17.7. The highest BCUT2D eigenvalue weighted by Gasteiger charge is 2.18. The average Bonchev–Trinajstić information content (AvgIpc) is 3.44. The minimum Gasteiger partial charge on any atom is -0.463 e. The van der Waals surface area contributed by atoms with Gasteiger partial charge in [0.25, 0.3) is 5.56 Å².